The summed E-state index contributed by atoms with van der Waals surface area (Å²) in [5, 5.41) is 0.331. The molecule has 26 heavy (non-hydrogen) atoms. The van der Waals surface area contributed by atoms with Crippen molar-refractivity contribution in [2.75, 3.05) is 0 Å². The molecule has 0 aromatic heterocycles. The van der Waals surface area contributed by atoms with Crippen molar-refractivity contribution in [2.45, 2.75) is 25.3 Å². The molecular formula is C23H23NS2. The number of hydrogen-bond donors (Lipinski definition) is 0. The number of nitrogens with zero attached hydrogens (tertiary/aromatic N) is 1. The van der Waals surface area contributed by atoms with Crippen LogP contribution in [-0.2, 0) is 13.1 Å². The van der Waals surface area contributed by atoms with Crippen molar-refractivity contribution in [1.29, 1.82) is 0 Å². The fourth-order valence-electron chi connectivity index (χ4n) is 2.81. The Morgan fingerprint density at radius 3 is 1.65 bits per heavy atom. The highest BCUT2D eigenvalue weighted by Gasteiger charge is 2.16. The molecule has 0 radical (unpaired) electrons. The number of rotatable bonds is 6. The molecule has 0 aliphatic heterocycles. The second-order valence-corrected chi connectivity index (χ2v) is 8.24. The van der Waals surface area contributed by atoms with Crippen molar-refractivity contribution < 1.29 is 0 Å². The lowest BCUT2D eigenvalue weighted by Crippen LogP contribution is -2.27. The molecular weight excluding hydrogens is 354 g/mol. The Morgan fingerprint density at radius 1 is 0.769 bits per heavy atom. The van der Waals surface area contributed by atoms with Gasteiger partial charge in [-0.1, -0.05) is 115 Å². The number of benzene rings is 3. The normalized spacial score (nSPS) is 11.7. The summed E-state index contributed by atoms with van der Waals surface area (Å²) < 4.78 is 0.939. The van der Waals surface area contributed by atoms with E-state index in [1.807, 2.05) is 0 Å². The van der Waals surface area contributed by atoms with Crippen LogP contribution in [0.4, 0.5) is 0 Å². The number of thiocarbonyl (C=S) groups is 1. The number of hydrogen-bond acceptors (Lipinski definition) is 2. The van der Waals surface area contributed by atoms with Crippen molar-refractivity contribution in [1.82, 2.24) is 4.90 Å². The van der Waals surface area contributed by atoms with Crippen LogP contribution in [0.2, 0.25) is 0 Å². The standard InChI is InChI=1S/C23H23NS2/c1-19(22-15-9-4-10-16-22)26-23(25)24(17-20-11-5-2-6-12-20)18-21-13-7-3-8-14-21/h2-16,19H,17-18H2,1H3. The highest BCUT2D eigenvalue weighted by Crippen LogP contribution is 2.31. The van der Waals surface area contributed by atoms with Crippen LogP contribution in [0.1, 0.15) is 28.9 Å². The van der Waals surface area contributed by atoms with Crippen molar-refractivity contribution in [3.63, 3.8) is 0 Å². The smallest absolute Gasteiger partial charge is 0.137 e. The van der Waals surface area contributed by atoms with Crippen LogP contribution in [-0.4, -0.2) is 9.22 Å². The highest BCUT2D eigenvalue weighted by molar-refractivity contribution is 8.23. The summed E-state index contributed by atoms with van der Waals surface area (Å²) in [5.74, 6) is 0. The van der Waals surface area contributed by atoms with Crippen molar-refractivity contribution in [2.24, 2.45) is 0 Å². The SMILES string of the molecule is CC(SC(=S)N(Cc1ccccc1)Cc1ccccc1)c1ccccc1. The second kappa shape index (κ2) is 9.56. The average Bonchev–Trinajstić information content (AvgIpc) is 2.69. The van der Waals surface area contributed by atoms with E-state index in [4.69, 9.17) is 12.2 Å². The van der Waals surface area contributed by atoms with Gasteiger partial charge in [0.1, 0.15) is 4.32 Å². The summed E-state index contributed by atoms with van der Waals surface area (Å²) >= 11 is 7.60. The van der Waals surface area contributed by atoms with Gasteiger partial charge in [0.25, 0.3) is 0 Å². The van der Waals surface area contributed by atoms with Gasteiger partial charge in [-0.05, 0) is 23.6 Å². The van der Waals surface area contributed by atoms with Crippen LogP contribution < -0.4 is 0 Å². The molecule has 3 aromatic rings. The summed E-state index contributed by atoms with van der Waals surface area (Å²) in [6.07, 6.45) is 0. The molecule has 0 aliphatic carbocycles. The summed E-state index contributed by atoms with van der Waals surface area (Å²) in [5.41, 5.74) is 3.86. The van der Waals surface area contributed by atoms with Gasteiger partial charge >= 0.3 is 0 Å². The first-order valence-corrected chi connectivity index (χ1v) is 10.1. The van der Waals surface area contributed by atoms with Crippen molar-refractivity contribution in [3.05, 3.63) is 108 Å². The zero-order valence-electron chi connectivity index (χ0n) is 14.9. The summed E-state index contributed by atoms with van der Waals surface area (Å²) in [4.78, 5) is 2.30. The van der Waals surface area contributed by atoms with Crippen LogP contribution >= 0.6 is 24.0 Å². The van der Waals surface area contributed by atoms with Crippen LogP contribution in [0.15, 0.2) is 91.0 Å². The predicted molar refractivity (Wildman–Crippen MR) is 117 cm³/mol. The van der Waals surface area contributed by atoms with Gasteiger partial charge in [0.2, 0.25) is 0 Å². The maximum atomic E-state index is 5.84. The lowest BCUT2D eigenvalue weighted by molar-refractivity contribution is 0.421. The summed E-state index contributed by atoms with van der Waals surface area (Å²) in [6, 6.07) is 31.6. The Kier molecular flexibility index (Phi) is 6.87. The number of thioether (sulfide) groups is 1. The first-order valence-electron chi connectivity index (χ1n) is 8.81. The molecule has 0 amide bonds. The lowest BCUT2D eigenvalue weighted by Gasteiger charge is -2.27. The Morgan fingerprint density at radius 2 is 1.19 bits per heavy atom. The largest absolute Gasteiger partial charge is 0.349 e. The van der Waals surface area contributed by atoms with E-state index in [0.717, 1.165) is 17.4 Å². The van der Waals surface area contributed by atoms with E-state index in [2.05, 4.69) is 103 Å². The Labute approximate surface area is 166 Å². The van der Waals surface area contributed by atoms with Gasteiger partial charge in [-0.3, -0.25) is 0 Å². The first kappa shape index (κ1) is 18.7. The van der Waals surface area contributed by atoms with E-state index in [9.17, 15) is 0 Å². The van der Waals surface area contributed by atoms with Gasteiger partial charge in [0, 0.05) is 18.3 Å². The molecule has 0 bridgehead atoms. The van der Waals surface area contributed by atoms with Crippen LogP contribution in [0.3, 0.4) is 0 Å². The zero-order valence-corrected chi connectivity index (χ0v) is 16.5. The molecule has 0 fully saturated rings. The lowest BCUT2D eigenvalue weighted by atomic mass is 10.2. The van der Waals surface area contributed by atoms with Gasteiger partial charge < -0.3 is 4.90 Å². The molecule has 3 aromatic carbocycles. The van der Waals surface area contributed by atoms with Crippen LogP contribution in [0.5, 0.6) is 0 Å². The third-order valence-electron chi connectivity index (χ3n) is 4.24. The highest BCUT2D eigenvalue weighted by atomic mass is 32.2. The van der Waals surface area contributed by atoms with E-state index in [1.54, 1.807) is 11.8 Å². The minimum Gasteiger partial charge on any atom is -0.349 e. The fraction of sp³-hybridized carbons (Fsp3) is 0.174. The van der Waals surface area contributed by atoms with E-state index in [1.165, 1.54) is 16.7 Å². The maximum Gasteiger partial charge on any atom is 0.137 e. The molecule has 1 unspecified atom stereocenters. The minimum absolute atomic E-state index is 0.331. The fourth-order valence-corrected chi connectivity index (χ4v) is 4.25. The van der Waals surface area contributed by atoms with E-state index in [-0.39, 0.29) is 0 Å². The first-order chi connectivity index (χ1) is 12.7. The molecule has 3 rings (SSSR count). The molecule has 1 atom stereocenters. The summed E-state index contributed by atoms with van der Waals surface area (Å²) in [7, 11) is 0. The average molecular weight is 378 g/mol. The molecule has 0 aliphatic rings. The van der Waals surface area contributed by atoms with E-state index < -0.39 is 0 Å². The monoisotopic (exact) mass is 377 g/mol. The minimum atomic E-state index is 0.331. The Hall–Kier alpha value is -2.10. The Balaban J connectivity index is 1.74. The molecule has 3 heteroatoms. The third kappa shape index (κ3) is 5.45. The zero-order chi connectivity index (χ0) is 18.2. The van der Waals surface area contributed by atoms with E-state index >= 15 is 0 Å². The van der Waals surface area contributed by atoms with Gasteiger partial charge in [0.05, 0.1) is 0 Å². The molecule has 0 heterocycles. The topological polar surface area (TPSA) is 3.24 Å². The van der Waals surface area contributed by atoms with Crippen molar-refractivity contribution >= 4 is 28.3 Å². The summed E-state index contributed by atoms with van der Waals surface area (Å²) in [6.45, 7) is 3.86. The van der Waals surface area contributed by atoms with Gasteiger partial charge in [-0.25, -0.2) is 0 Å². The predicted octanol–water partition coefficient (Wildman–Crippen LogP) is 6.47. The Bertz CT molecular complexity index is 762. The second-order valence-electron chi connectivity index (χ2n) is 6.26. The van der Waals surface area contributed by atoms with Gasteiger partial charge in [0.15, 0.2) is 0 Å². The quantitative estimate of drug-likeness (QED) is 0.453. The van der Waals surface area contributed by atoms with Gasteiger partial charge in [-0.2, -0.15) is 0 Å². The molecule has 132 valence electrons. The van der Waals surface area contributed by atoms with Gasteiger partial charge in [-0.15, -0.1) is 0 Å². The third-order valence-corrected chi connectivity index (χ3v) is 5.87. The van der Waals surface area contributed by atoms with Crippen LogP contribution in [0, 0.1) is 0 Å². The molecule has 0 spiro atoms. The molecule has 0 saturated carbocycles. The molecule has 0 N–H and O–H groups in total. The molecule has 1 nitrogen and oxygen atoms in total. The molecule has 0 saturated heterocycles. The maximum absolute atomic E-state index is 5.84. The van der Waals surface area contributed by atoms with E-state index in [0.29, 0.717) is 5.25 Å². The van der Waals surface area contributed by atoms with Crippen molar-refractivity contribution in [3.8, 4) is 0 Å². The van der Waals surface area contributed by atoms with Crippen LogP contribution in [0.25, 0.3) is 0 Å².